The number of anilines is 2. The standard InChI is InChI=1S/C66H70N8O6/c1-11-45-37(5)59-57(49-29-21-23-31-51(49)73-63(75)41(9)67-65(77)79-35-43-25-17-15-18-26-43)60-39(7)47(13-3)55(71-60)34-56-48(14-4)40(8)62(72-56)58(61-38(6)46(12-2)54(70-61)33-53(45)69-59)50-30-22-24-32-52(50)74-64(76)42(10)68-66(78)80-36-44-27-19-16-20-28-44/h15-34,41-42,69,72H,11-14,35-36H2,1-10H3,(H,67,77)(H,68,78)(H,73,75)(H,74,76)/t41-,42-/m0/s1. The minimum atomic E-state index is -0.931. The number of allylic oxidation sites excluding steroid dienone is 4. The van der Waals surface area contributed by atoms with Crippen LogP contribution in [0.2, 0.25) is 0 Å². The second-order valence-electron chi connectivity index (χ2n) is 20.3. The van der Waals surface area contributed by atoms with E-state index < -0.39 is 36.1 Å². The van der Waals surface area contributed by atoms with E-state index in [4.69, 9.17) is 19.4 Å². The number of H-pyrrole nitrogens is 2. The van der Waals surface area contributed by atoms with E-state index in [0.717, 1.165) is 123 Å². The predicted molar refractivity (Wildman–Crippen MR) is 321 cm³/mol. The van der Waals surface area contributed by atoms with E-state index >= 15 is 0 Å². The summed E-state index contributed by atoms with van der Waals surface area (Å²) >= 11 is 0. The molecule has 14 heteroatoms. The number of carbonyl (C=O) groups excluding carboxylic acids is 4. The van der Waals surface area contributed by atoms with Crippen LogP contribution < -0.4 is 21.3 Å². The minimum Gasteiger partial charge on any atom is -0.445 e. The second kappa shape index (κ2) is 24.3. The first-order valence-electron chi connectivity index (χ1n) is 27.6. The van der Waals surface area contributed by atoms with Gasteiger partial charge in [0, 0.05) is 44.7 Å². The smallest absolute Gasteiger partial charge is 0.408 e. The highest BCUT2D eigenvalue weighted by atomic mass is 16.6. The molecule has 2 aliphatic rings. The van der Waals surface area contributed by atoms with Gasteiger partial charge in [-0.2, -0.15) is 0 Å². The number of ether oxygens (including phenoxy) is 2. The summed E-state index contributed by atoms with van der Waals surface area (Å²) in [5, 5.41) is 11.7. The van der Waals surface area contributed by atoms with Gasteiger partial charge in [-0.25, -0.2) is 19.6 Å². The quantitative estimate of drug-likeness (QED) is 0.0550. The molecule has 80 heavy (non-hydrogen) atoms. The van der Waals surface area contributed by atoms with Crippen molar-refractivity contribution in [3.8, 4) is 22.3 Å². The summed E-state index contributed by atoms with van der Waals surface area (Å²) in [4.78, 5) is 73.1. The molecule has 4 aromatic carbocycles. The van der Waals surface area contributed by atoms with Crippen LogP contribution in [0.5, 0.6) is 0 Å². The fourth-order valence-corrected chi connectivity index (χ4v) is 11.0. The molecule has 3 aromatic heterocycles. The largest absolute Gasteiger partial charge is 0.445 e. The lowest BCUT2D eigenvalue weighted by Gasteiger charge is -2.17. The van der Waals surface area contributed by atoms with Crippen molar-refractivity contribution in [3.05, 3.63) is 177 Å². The molecule has 0 radical (unpaired) electrons. The van der Waals surface area contributed by atoms with Crippen molar-refractivity contribution in [2.24, 2.45) is 0 Å². The Morgan fingerprint density at radius 3 is 1.23 bits per heavy atom. The summed E-state index contributed by atoms with van der Waals surface area (Å²) in [7, 11) is 0. The summed E-state index contributed by atoms with van der Waals surface area (Å²) in [5.74, 6) is -0.834. The number of fused-ring (bicyclic) bond motifs is 8. The fraction of sp³-hybridized carbons (Fsp3) is 0.273. The monoisotopic (exact) mass is 1070 g/mol. The zero-order valence-corrected chi connectivity index (χ0v) is 47.3. The van der Waals surface area contributed by atoms with Crippen LogP contribution in [-0.2, 0) is 45.1 Å². The van der Waals surface area contributed by atoms with Crippen molar-refractivity contribution >= 4 is 79.7 Å². The summed E-state index contributed by atoms with van der Waals surface area (Å²) in [6.07, 6.45) is 1.39. The maximum atomic E-state index is 14.1. The Hall–Kier alpha value is -9.04. The highest BCUT2D eigenvalue weighted by Crippen LogP contribution is 2.46. The molecule has 9 rings (SSSR count). The van der Waals surface area contributed by atoms with Crippen molar-refractivity contribution in [2.75, 3.05) is 10.6 Å². The minimum absolute atomic E-state index is 0.0703. The van der Waals surface area contributed by atoms with Crippen molar-refractivity contribution < 1.29 is 28.7 Å². The molecule has 0 spiro atoms. The predicted octanol–water partition coefficient (Wildman–Crippen LogP) is 14.6. The fourth-order valence-electron chi connectivity index (χ4n) is 11.0. The Balaban J connectivity index is 1.22. The van der Waals surface area contributed by atoms with Gasteiger partial charge in [0.1, 0.15) is 25.3 Å². The molecule has 0 unspecified atom stereocenters. The maximum absolute atomic E-state index is 14.1. The van der Waals surface area contributed by atoms with E-state index in [1.54, 1.807) is 13.8 Å². The van der Waals surface area contributed by atoms with Crippen molar-refractivity contribution in [1.29, 1.82) is 0 Å². The van der Waals surface area contributed by atoms with E-state index in [1.165, 1.54) is 0 Å². The van der Waals surface area contributed by atoms with Crippen LogP contribution in [0.1, 0.15) is 124 Å². The van der Waals surface area contributed by atoms with E-state index in [1.807, 2.05) is 109 Å². The normalized spacial score (nSPS) is 12.9. The molecule has 7 aromatic rings. The number of hydrogen-bond acceptors (Lipinski definition) is 8. The topological polar surface area (TPSA) is 192 Å². The number of nitrogens with zero attached hydrogens (tertiary/aromatic N) is 2. The Kier molecular flexibility index (Phi) is 16.9. The third kappa shape index (κ3) is 11.4. The molecule has 2 atom stereocenters. The van der Waals surface area contributed by atoms with Crippen molar-refractivity contribution in [1.82, 2.24) is 30.6 Å². The first-order chi connectivity index (χ1) is 38.6. The van der Waals surface area contributed by atoms with Gasteiger partial charge in [-0.3, -0.25) is 9.59 Å². The van der Waals surface area contributed by atoms with Gasteiger partial charge in [-0.1, -0.05) is 125 Å². The number of alkyl carbamates (subject to hydrolysis) is 2. The van der Waals surface area contributed by atoms with Crippen molar-refractivity contribution in [2.45, 2.75) is 120 Å². The Labute approximate surface area is 467 Å². The molecular formula is C66H70N8O6. The highest BCUT2D eigenvalue weighted by Gasteiger charge is 2.29. The van der Waals surface area contributed by atoms with Crippen LogP contribution >= 0.6 is 0 Å². The number of aromatic nitrogens is 4. The molecular weight excluding hydrogens is 1000 g/mol. The first kappa shape index (κ1) is 55.7. The van der Waals surface area contributed by atoms with Crippen LogP contribution in [0.15, 0.2) is 121 Å². The summed E-state index contributed by atoms with van der Waals surface area (Å²) in [6.45, 7) is 20.5. The Morgan fingerprint density at radius 2 is 0.863 bits per heavy atom. The molecule has 410 valence electrons. The third-order valence-electron chi connectivity index (χ3n) is 15.3. The van der Waals surface area contributed by atoms with Gasteiger partial charge in [-0.05, 0) is 147 Å². The first-order valence-corrected chi connectivity index (χ1v) is 27.6. The van der Waals surface area contributed by atoms with Crippen LogP contribution in [0.25, 0.3) is 66.6 Å². The van der Waals surface area contributed by atoms with Crippen LogP contribution in [0, 0.1) is 13.8 Å². The lowest BCUT2D eigenvalue weighted by atomic mass is 9.94. The van der Waals surface area contributed by atoms with Gasteiger partial charge in [-0.15, -0.1) is 0 Å². The van der Waals surface area contributed by atoms with Gasteiger partial charge in [0.25, 0.3) is 0 Å². The molecule has 0 saturated carbocycles. The number of carbonyl (C=O) groups is 4. The number of aryl methyl sites for hydroxylation is 4. The number of amides is 4. The Morgan fingerprint density at radius 1 is 0.500 bits per heavy atom. The van der Waals surface area contributed by atoms with Gasteiger partial charge in [0.2, 0.25) is 11.8 Å². The SMILES string of the molecule is CCC1=C(C)c2nc1cc1[nH]c(c(C)c1CC)c(-c1ccccc1NC(=O)[C@H](C)NC(=O)OCc1ccccc1)c1nc(cc3[nH]c(c(C)c3CC)c2-c2ccccc2NC(=O)[C@H](C)NC(=O)OCc2ccccc2)C(CC)=C1C. The molecule has 14 nitrogen and oxygen atoms in total. The van der Waals surface area contributed by atoms with E-state index in [-0.39, 0.29) is 13.2 Å². The summed E-state index contributed by atoms with van der Waals surface area (Å²) in [6, 6.07) is 36.6. The average Bonchev–Trinajstić information content (AvgIpc) is 4.26. The number of aromatic amines is 2. The molecule has 6 N–H and O–H groups in total. The van der Waals surface area contributed by atoms with Crippen LogP contribution in [-0.4, -0.2) is 56.0 Å². The highest BCUT2D eigenvalue weighted by molar-refractivity contribution is 6.08. The van der Waals surface area contributed by atoms with Gasteiger partial charge >= 0.3 is 12.2 Å². The number of rotatable bonds is 16. The number of nitrogens with one attached hydrogen (secondary N) is 6. The lowest BCUT2D eigenvalue weighted by Crippen LogP contribution is -2.41. The van der Waals surface area contributed by atoms with Gasteiger partial charge < -0.3 is 40.7 Å². The zero-order valence-electron chi connectivity index (χ0n) is 47.3. The average molecular weight is 1070 g/mol. The maximum Gasteiger partial charge on any atom is 0.408 e. The van der Waals surface area contributed by atoms with Crippen LogP contribution in [0.4, 0.5) is 21.0 Å². The van der Waals surface area contributed by atoms with Crippen LogP contribution in [0.3, 0.4) is 0 Å². The van der Waals surface area contributed by atoms with Crippen molar-refractivity contribution in [3.63, 3.8) is 0 Å². The van der Waals surface area contributed by atoms with E-state index in [0.29, 0.717) is 37.1 Å². The number of para-hydroxylation sites is 2. The molecule has 0 saturated heterocycles. The summed E-state index contributed by atoms with van der Waals surface area (Å²) in [5.41, 5.74) is 21.0. The van der Waals surface area contributed by atoms with E-state index in [9.17, 15) is 19.2 Å². The molecule has 8 bridgehead atoms. The van der Waals surface area contributed by atoms with Gasteiger partial charge in [0.15, 0.2) is 0 Å². The molecule has 4 amide bonds. The zero-order chi connectivity index (χ0) is 56.8. The molecule has 2 aliphatic heterocycles. The number of hydrogen-bond donors (Lipinski definition) is 6. The van der Waals surface area contributed by atoms with E-state index in [2.05, 4.69) is 98.8 Å². The lowest BCUT2D eigenvalue weighted by molar-refractivity contribution is -0.118. The third-order valence-corrected chi connectivity index (χ3v) is 15.3. The second-order valence-corrected chi connectivity index (χ2v) is 20.3. The Bertz CT molecular complexity index is 3530. The molecule has 5 heterocycles. The summed E-state index contributed by atoms with van der Waals surface area (Å²) < 4.78 is 10.9. The van der Waals surface area contributed by atoms with Gasteiger partial charge in [0.05, 0.1) is 33.8 Å². The molecule has 0 fully saturated rings. The molecule has 0 aliphatic carbocycles. The number of benzene rings is 4.